The minimum Gasteiger partial charge on any atom is -0.459 e. The fourth-order valence-electron chi connectivity index (χ4n) is 1.49. The molecule has 0 radical (unpaired) electrons. The highest BCUT2D eigenvalue weighted by atomic mass is 16.6. The summed E-state index contributed by atoms with van der Waals surface area (Å²) in [5.74, 6) is -0.424. The number of aromatic nitrogens is 3. The number of benzene rings is 1. The number of hydrogen-bond donors (Lipinski definition) is 0. The van der Waals surface area contributed by atoms with E-state index in [0.29, 0.717) is 11.4 Å². The van der Waals surface area contributed by atoms with Gasteiger partial charge in [0.1, 0.15) is 12.3 Å². The summed E-state index contributed by atoms with van der Waals surface area (Å²) in [6.07, 6.45) is 1.43. The van der Waals surface area contributed by atoms with Crippen LogP contribution in [0.15, 0.2) is 30.5 Å². The van der Waals surface area contributed by atoms with E-state index in [1.807, 2.05) is 0 Å². The average Bonchev–Trinajstić information content (AvgIpc) is 2.84. The van der Waals surface area contributed by atoms with Crippen molar-refractivity contribution in [3.05, 3.63) is 46.3 Å². The molecular formula is C11H10N4O4. The zero-order valence-corrected chi connectivity index (χ0v) is 10.0. The zero-order chi connectivity index (χ0) is 13.8. The summed E-state index contributed by atoms with van der Waals surface area (Å²) >= 11 is 0. The van der Waals surface area contributed by atoms with Crippen LogP contribution in [-0.2, 0) is 16.1 Å². The molecule has 0 saturated carbocycles. The van der Waals surface area contributed by atoms with Crippen LogP contribution >= 0.6 is 0 Å². The maximum atomic E-state index is 10.8. The van der Waals surface area contributed by atoms with Gasteiger partial charge in [-0.1, -0.05) is 11.3 Å². The number of nitrogens with zero attached hydrogens (tertiary/aromatic N) is 4. The van der Waals surface area contributed by atoms with Crippen molar-refractivity contribution in [2.75, 3.05) is 0 Å². The lowest BCUT2D eigenvalue weighted by Crippen LogP contribution is -2.06. The van der Waals surface area contributed by atoms with Crippen LogP contribution in [0.5, 0.6) is 0 Å². The third-order valence-electron chi connectivity index (χ3n) is 2.33. The number of ether oxygens (including phenoxy) is 1. The fourth-order valence-corrected chi connectivity index (χ4v) is 1.49. The fraction of sp³-hybridized carbons (Fsp3) is 0.182. The normalized spacial score (nSPS) is 10.2. The van der Waals surface area contributed by atoms with Crippen LogP contribution in [0.4, 0.5) is 5.69 Å². The molecule has 1 aromatic carbocycles. The third-order valence-corrected chi connectivity index (χ3v) is 2.33. The third kappa shape index (κ3) is 2.92. The molecule has 1 aromatic heterocycles. The van der Waals surface area contributed by atoms with E-state index >= 15 is 0 Å². The van der Waals surface area contributed by atoms with Gasteiger partial charge in [-0.25, -0.2) is 4.68 Å². The number of rotatable bonds is 4. The maximum Gasteiger partial charge on any atom is 0.303 e. The Morgan fingerprint density at radius 2 is 2.32 bits per heavy atom. The Bertz CT molecular complexity index is 623. The minimum atomic E-state index is -0.494. The van der Waals surface area contributed by atoms with Crippen LogP contribution in [0.2, 0.25) is 0 Å². The van der Waals surface area contributed by atoms with Gasteiger partial charge in [0.05, 0.1) is 16.8 Å². The molecule has 2 rings (SSSR count). The molecule has 1 heterocycles. The molecule has 0 bridgehead atoms. The Balaban J connectivity index is 2.31. The van der Waals surface area contributed by atoms with Crippen LogP contribution in [-0.4, -0.2) is 25.9 Å². The molecule has 0 aliphatic rings. The SMILES string of the molecule is CC(=O)OCc1cnnn1-c1cccc([N+](=O)[O-])c1. The molecule has 0 amide bonds. The van der Waals surface area contributed by atoms with E-state index in [2.05, 4.69) is 10.3 Å². The molecule has 98 valence electrons. The van der Waals surface area contributed by atoms with Gasteiger partial charge in [-0.05, 0) is 6.07 Å². The van der Waals surface area contributed by atoms with Crippen molar-refractivity contribution < 1.29 is 14.5 Å². The monoisotopic (exact) mass is 262 g/mol. The lowest BCUT2D eigenvalue weighted by Gasteiger charge is -2.05. The highest BCUT2D eigenvalue weighted by Crippen LogP contribution is 2.17. The predicted molar refractivity (Wildman–Crippen MR) is 63.5 cm³/mol. The van der Waals surface area contributed by atoms with E-state index in [1.165, 1.54) is 29.9 Å². The van der Waals surface area contributed by atoms with Gasteiger partial charge in [0, 0.05) is 19.1 Å². The first kappa shape index (κ1) is 12.7. The lowest BCUT2D eigenvalue weighted by molar-refractivity contribution is -0.384. The van der Waals surface area contributed by atoms with Gasteiger partial charge in [0.15, 0.2) is 0 Å². The second-order valence-electron chi connectivity index (χ2n) is 3.69. The molecule has 0 fully saturated rings. The first-order chi connectivity index (χ1) is 9.08. The van der Waals surface area contributed by atoms with Crippen LogP contribution in [0.3, 0.4) is 0 Å². The van der Waals surface area contributed by atoms with Crippen molar-refractivity contribution in [1.29, 1.82) is 0 Å². The highest BCUT2D eigenvalue weighted by molar-refractivity contribution is 5.65. The van der Waals surface area contributed by atoms with Crippen LogP contribution in [0, 0.1) is 10.1 Å². The van der Waals surface area contributed by atoms with Crippen molar-refractivity contribution in [2.24, 2.45) is 0 Å². The van der Waals surface area contributed by atoms with E-state index in [1.54, 1.807) is 12.1 Å². The van der Waals surface area contributed by atoms with Crippen molar-refractivity contribution in [1.82, 2.24) is 15.0 Å². The summed E-state index contributed by atoms with van der Waals surface area (Å²) in [6, 6.07) is 5.95. The molecule has 0 N–H and O–H groups in total. The molecule has 0 aliphatic heterocycles. The minimum absolute atomic E-state index is 0.00499. The molecule has 8 nitrogen and oxygen atoms in total. The molecule has 2 aromatic rings. The first-order valence-electron chi connectivity index (χ1n) is 5.35. The van der Waals surface area contributed by atoms with Crippen LogP contribution in [0.1, 0.15) is 12.6 Å². The predicted octanol–water partition coefficient (Wildman–Crippen LogP) is 1.24. The molecule has 0 aliphatic carbocycles. The number of nitro benzene ring substituents is 1. The van der Waals surface area contributed by atoms with Crippen molar-refractivity contribution in [3.63, 3.8) is 0 Å². The van der Waals surface area contributed by atoms with Crippen molar-refractivity contribution in [3.8, 4) is 5.69 Å². The summed E-state index contributed by atoms with van der Waals surface area (Å²) in [5, 5.41) is 18.2. The van der Waals surface area contributed by atoms with Gasteiger partial charge >= 0.3 is 5.97 Å². The topological polar surface area (TPSA) is 100 Å². The van der Waals surface area contributed by atoms with E-state index in [0.717, 1.165) is 0 Å². The molecule has 0 spiro atoms. The van der Waals surface area contributed by atoms with E-state index < -0.39 is 10.9 Å². The quantitative estimate of drug-likeness (QED) is 0.466. The Labute approximate surface area is 107 Å². The van der Waals surface area contributed by atoms with Gasteiger partial charge < -0.3 is 4.74 Å². The van der Waals surface area contributed by atoms with E-state index in [-0.39, 0.29) is 12.3 Å². The van der Waals surface area contributed by atoms with E-state index in [9.17, 15) is 14.9 Å². The summed E-state index contributed by atoms with van der Waals surface area (Å²) in [4.78, 5) is 21.0. The van der Waals surface area contributed by atoms with Gasteiger partial charge in [0.2, 0.25) is 0 Å². The molecule has 19 heavy (non-hydrogen) atoms. The first-order valence-corrected chi connectivity index (χ1v) is 5.35. The van der Waals surface area contributed by atoms with Crippen LogP contribution in [0.25, 0.3) is 5.69 Å². The average molecular weight is 262 g/mol. The van der Waals surface area contributed by atoms with Crippen LogP contribution < -0.4 is 0 Å². The maximum absolute atomic E-state index is 10.8. The summed E-state index contributed by atoms with van der Waals surface area (Å²) < 4.78 is 6.24. The number of carbonyl (C=O) groups is 1. The second kappa shape index (κ2) is 5.25. The van der Waals surface area contributed by atoms with Gasteiger partial charge in [0.25, 0.3) is 5.69 Å². The zero-order valence-electron chi connectivity index (χ0n) is 10.0. The second-order valence-corrected chi connectivity index (χ2v) is 3.69. The largest absolute Gasteiger partial charge is 0.459 e. The molecule has 0 atom stereocenters. The van der Waals surface area contributed by atoms with Crippen molar-refractivity contribution in [2.45, 2.75) is 13.5 Å². The molecule has 8 heteroatoms. The number of hydrogen-bond acceptors (Lipinski definition) is 6. The Morgan fingerprint density at radius 1 is 1.53 bits per heavy atom. The Kier molecular flexibility index (Phi) is 3.51. The van der Waals surface area contributed by atoms with Gasteiger partial charge in [-0.2, -0.15) is 0 Å². The van der Waals surface area contributed by atoms with E-state index in [4.69, 9.17) is 4.74 Å². The Morgan fingerprint density at radius 3 is 3.00 bits per heavy atom. The van der Waals surface area contributed by atoms with Crippen molar-refractivity contribution >= 4 is 11.7 Å². The van der Waals surface area contributed by atoms with Gasteiger partial charge in [-0.3, -0.25) is 14.9 Å². The number of nitro groups is 1. The summed E-state index contributed by atoms with van der Waals surface area (Å²) in [5.41, 5.74) is 0.955. The standard InChI is InChI=1S/C11H10N4O4/c1-8(16)19-7-11-6-12-13-14(11)9-3-2-4-10(5-9)15(17)18/h2-6H,7H2,1H3. The molecule has 0 saturated heterocycles. The smallest absolute Gasteiger partial charge is 0.303 e. The lowest BCUT2D eigenvalue weighted by atomic mass is 10.3. The summed E-state index contributed by atoms with van der Waals surface area (Å²) in [7, 11) is 0. The molecule has 0 unspecified atom stereocenters. The Hall–Kier alpha value is -2.77. The van der Waals surface area contributed by atoms with Gasteiger partial charge in [-0.15, -0.1) is 5.10 Å². The summed E-state index contributed by atoms with van der Waals surface area (Å²) in [6.45, 7) is 1.30. The number of esters is 1. The molecular weight excluding hydrogens is 252 g/mol. The number of non-ortho nitro benzene ring substituents is 1. The number of carbonyl (C=O) groups excluding carboxylic acids is 1. The highest BCUT2D eigenvalue weighted by Gasteiger charge is 2.11.